The summed E-state index contributed by atoms with van der Waals surface area (Å²) >= 11 is 6.23. The predicted octanol–water partition coefficient (Wildman–Crippen LogP) is 5.56. The normalized spacial score (nSPS) is 11.5. The fourth-order valence-corrected chi connectivity index (χ4v) is 2.49. The Balaban J connectivity index is 1.99. The number of para-hydroxylation sites is 2. The number of aromatic hydroxyl groups is 2. The number of halogens is 1. The number of phenolic OH excluding ortho intramolecular Hbond substituents is 2. The van der Waals surface area contributed by atoms with Crippen LogP contribution in [0.15, 0.2) is 70.6 Å². The summed E-state index contributed by atoms with van der Waals surface area (Å²) in [5.41, 5.74) is 3.26. The Morgan fingerprint density at radius 1 is 0.769 bits per heavy atom. The third kappa shape index (κ3) is 4.10. The lowest BCUT2D eigenvalue weighted by atomic mass is 10.1. The molecule has 0 saturated carbocycles. The fourth-order valence-electron chi connectivity index (χ4n) is 2.33. The summed E-state index contributed by atoms with van der Waals surface area (Å²) in [6.45, 7) is 1.89. The van der Waals surface area contributed by atoms with Crippen LogP contribution in [0.3, 0.4) is 0 Å². The van der Waals surface area contributed by atoms with Crippen molar-refractivity contribution in [3.05, 3.63) is 82.4 Å². The van der Waals surface area contributed by atoms with Crippen LogP contribution in [0.1, 0.15) is 16.7 Å². The van der Waals surface area contributed by atoms with Gasteiger partial charge < -0.3 is 10.2 Å². The van der Waals surface area contributed by atoms with Crippen molar-refractivity contribution in [2.24, 2.45) is 9.98 Å². The van der Waals surface area contributed by atoms with E-state index in [4.69, 9.17) is 11.6 Å². The summed E-state index contributed by atoms with van der Waals surface area (Å²) in [6, 6.07) is 17.4. The van der Waals surface area contributed by atoms with Gasteiger partial charge in [-0.25, -0.2) is 0 Å². The average molecular weight is 365 g/mol. The summed E-state index contributed by atoms with van der Waals surface area (Å²) in [6.07, 6.45) is 3.15. The highest BCUT2D eigenvalue weighted by molar-refractivity contribution is 6.31. The largest absolute Gasteiger partial charge is 0.507 e. The molecular weight excluding hydrogens is 348 g/mol. The van der Waals surface area contributed by atoms with Crippen LogP contribution in [-0.2, 0) is 0 Å². The van der Waals surface area contributed by atoms with E-state index in [2.05, 4.69) is 9.98 Å². The zero-order valence-corrected chi connectivity index (χ0v) is 14.9. The smallest absolute Gasteiger partial charge is 0.124 e. The van der Waals surface area contributed by atoms with Crippen LogP contribution in [0.4, 0.5) is 11.4 Å². The molecular formula is C21H17ClN2O2. The lowest BCUT2D eigenvalue weighted by molar-refractivity contribution is 0.474. The van der Waals surface area contributed by atoms with E-state index in [0.717, 1.165) is 5.56 Å². The van der Waals surface area contributed by atoms with Crippen LogP contribution in [0.2, 0.25) is 5.02 Å². The molecule has 0 aliphatic heterocycles. The molecule has 0 bridgehead atoms. The van der Waals surface area contributed by atoms with Crippen molar-refractivity contribution >= 4 is 35.4 Å². The Hall–Kier alpha value is -3.11. The molecule has 3 aromatic rings. The predicted molar refractivity (Wildman–Crippen MR) is 107 cm³/mol. The van der Waals surface area contributed by atoms with E-state index < -0.39 is 0 Å². The highest BCUT2D eigenvalue weighted by Gasteiger charge is 2.06. The SMILES string of the molecule is Cc1cc(N=Cc2ccccc2O)c(N=Cc2ccccc2O)cc1Cl. The van der Waals surface area contributed by atoms with E-state index in [-0.39, 0.29) is 11.5 Å². The van der Waals surface area contributed by atoms with Crippen LogP contribution in [0.25, 0.3) is 0 Å². The van der Waals surface area contributed by atoms with Crippen LogP contribution in [0, 0.1) is 6.92 Å². The monoisotopic (exact) mass is 364 g/mol. The first kappa shape index (κ1) is 17.7. The standard InChI is InChI=1S/C21H17ClN2O2/c1-14-10-18(23-12-15-6-2-4-8-20(15)25)19(11-17(14)22)24-13-16-7-3-5-9-21(16)26/h2-13,25-26H,1H3. The van der Waals surface area contributed by atoms with E-state index in [1.165, 1.54) is 0 Å². The lowest BCUT2D eigenvalue weighted by Gasteiger charge is -2.05. The molecule has 0 saturated heterocycles. The van der Waals surface area contributed by atoms with E-state index in [1.807, 2.05) is 25.1 Å². The number of benzene rings is 3. The first-order chi connectivity index (χ1) is 12.5. The van der Waals surface area contributed by atoms with E-state index >= 15 is 0 Å². The van der Waals surface area contributed by atoms with Crippen molar-refractivity contribution in [1.82, 2.24) is 0 Å². The Morgan fingerprint density at radius 2 is 1.23 bits per heavy atom. The molecule has 0 amide bonds. The molecule has 0 aromatic heterocycles. The number of aryl methyl sites for hydroxylation is 1. The second-order valence-electron chi connectivity index (χ2n) is 5.72. The molecule has 4 nitrogen and oxygen atoms in total. The van der Waals surface area contributed by atoms with Gasteiger partial charge in [-0.1, -0.05) is 35.9 Å². The molecule has 0 radical (unpaired) electrons. The highest BCUT2D eigenvalue weighted by Crippen LogP contribution is 2.34. The van der Waals surface area contributed by atoms with Crippen molar-refractivity contribution in [2.45, 2.75) is 6.92 Å². The Labute approximate surface area is 156 Å². The number of aliphatic imine (C=N–C) groups is 2. The molecule has 3 aromatic carbocycles. The molecule has 0 heterocycles. The second-order valence-corrected chi connectivity index (χ2v) is 6.13. The number of hydrogen-bond acceptors (Lipinski definition) is 4. The van der Waals surface area contributed by atoms with Gasteiger partial charge in [0.25, 0.3) is 0 Å². The van der Waals surface area contributed by atoms with Crippen LogP contribution < -0.4 is 0 Å². The second kappa shape index (κ2) is 7.85. The van der Waals surface area contributed by atoms with Crippen molar-refractivity contribution < 1.29 is 10.2 Å². The van der Waals surface area contributed by atoms with E-state index in [9.17, 15) is 10.2 Å². The maximum atomic E-state index is 9.87. The molecule has 5 heteroatoms. The molecule has 130 valence electrons. The summed E-state index contributed by atoms with van der Waals surface area (Å²) < 4.78 is 0. The van der Waals surface area contributed by atoms with Gasteiger partial charge in [0.2, 0.25) is 0 Å². The summed E-state index contributed by atoms with van der Waals surface area (Å²) in [5, 5.41) is 20.3. The summed E-state index contributed by atoms with van der Waals surface area (Å²) in [4.78, 5) is 8.88. The number of hydrogen-bond donors (Lipinski definition) is 2. The molecule has 26 heavy (non-hydrogen) atoms. The van der Waals surface area contributed by atoms with Gasteiger partial charge in [0.05, 0.1) is 11.4 Å². The Bertz CT molecular complexity index is 917. The van der Waals surface area contributed by atoms with Crippen LogP contribution >= 0.6 is 11.6 Å². The number of phenols is 2. The van der Waals surface area contributed by atoms with Gasteiger partial charge in [-0.05, 0) is 48.9 Å². The third-order valence-corrected chi connectivity index (χ3v) is 4.22. The minimum Gasteiger partial charge on any atom is -0.507 e. The first-order valence-corrected chi connectivity index (χ1v) is 8.36. The molecule has 0 unspecified atom stereocenters. The van der Waals surface area contributed by atoms with E-state index in [1.54, 1.807) is 54.9 Å². The molecule has 0 fully saturated rings. The zero-order chi connectivity index (χ0) is 18.5. The first-order valence-electron chi connectivity index (χ1n) is 7.99. The van der Waals surface area contributed by atoms with Gasteiger partial charge in [0, 0.05) is 28.6 Å². The summed E-state index contributed by atoms with van der Waals surface area (Å²) in [7, 11) is 0. The molecule has 0 aliphatic rings. The maximum Gasteiger partial charge on any atom is 0.124 e. The van der Waals surface area contributed by atoms with Gasteiger partial charge in [-0.2, -0.15) is 0 Å². The minimum absolute atomic E-state index is 0.147. The quantitative estimate of drug-likeness (QED) is 0.595. The molecule has 0 aliphatic carbocycles. The number of rotatable bonds is 4. The fraction of sp³-hybridized carbons (Fsp3) is 0.0476. The van der Waals surface area contributed by atoms with E-state index in [0.29, 0.717) is 27.5 Å². The van der Waals surface area contributed by atoms with Gasteiger partial charge >= 0.3 is 0 Å². The van der Waals surface area contributed by atoms with Crippen molar-refractivity contribution in [2.75, 3.05) is 0 Å². The molecule has 2 N–H and O–H groups in total. The highest BCUT2D eigenvalue weighted by atomic mass is 35.5. The average Bonchev–Trinajstić information content (AvgIpc) is 2.63. The maximum absolute atomic E-state index is 9.87. The minimum atomic E-state index is 0.147. The molecule has 0 atom stereocenters. The third-order valence-electron chi connectivity index (χ3n) is 3.81. The Morgan fingerprint density at radius 3 is 1.73 bits per heavy atom. The zero-order valence-electron chi connectivity index (χ0n) is 14.1. The Kier molecular flexibility index (Phi) is 5.34. The van der Waals surface area contributed by atoms with Crippen LogP contribution in [0.5, 0.6) is 11.5 Å². The van der Waals surface area contributed by atoms with Crippen molar-refractivity contribution in [3.63, 3.8) is 0 Å². The lowest BCUT2D eigenvalue weighted by Crippen LogP contribution is -1.84. The van der Waals surface area contributed by atoms with Gasteiger partial charge in [0.1, 0.15) is 11.5 Å². The number of nitrogens with zero attached hydrogens (tertiary/aromatic N) is 2. The van der Waals surface area contributed by atoms with Gasteiger partial charge in [-0.15, -0.1) is 0 Å². The summed E-state index contributed by atoms with van der Waals surface area (Å²) in [5.74, 6) is 0.301. The molecule has 3 rings (SSSR count). The van der Waals surface area contributed by atoms with Crippen LogP contribution in [-0.4, -0.2) is 22.6 Å². The van der Waals surface area contributed by atoms with Gasteiger partial charge in [0.15, 0.2) is 0 Å². The topological polar surface area (TPSA) is 65.2 Å². The van der Waals surface area contributed by atoms with Crippen molar-refractivity contribution in [1.29, 1.82) is 0 Å². The molecule has 0 spiro atoms. The van der Waals surface area contributed by atoms with Crippen molar-refractivity contribution in [3.8, 4) is 11.5 Å². The van der Waals surface area contributed by atoms with Gasteiger partial charge in [-0.3, -0.25) is 9.98 Å².